The Bertz CT molecular complexity index is 1420. The Balaban J connectivity index is 1.60. The quantitative estimate of drug-likeness (QED) is 0.318. The van der Waals surface area contributed by atoms with Gasteiger partial charge < -0.3 is 4.57 Å². The second kappa shape index (κ2) is 9.76. The lowest BCUT2D eigenvalue weighted by molar-refractivity contribution is 0.203. The van der Waals surface area contributed by atoms with Crippen molar-refractivity contribution in [3.8, 4) is 11.5 Å². The summed E-state index contributed by atoms with van der Waals surface area (Å²) in [5.74, 6) is 1.93. The highest BCUT2D eigenvalue weighted by atomic mass is 16.2. The Kier molecular flexibility index (Phi) is 6.54. The summed E-state index contributed by atoms with van der Waals surface area (Å²) in [5.41, 5.74) is 4.54. The molecule has 3 aliphatic rings. The number of nitrogens with one attached hydrogen (secondary N) is 1. The van der Waals surface area contributed by atoms with Crippen LogP contribution in [-0.4, -0.2) is 19.5 Å². The number of H-pyrrole nitrogens is 1. The van der Waals surface area contributed by atoms with Crippen LogP contribution in [0.2, 0.25) is 0 Å². The first-order valence-electron chi connectivity index (χ1n) is 12.9. The van der Waals surface area contributed by atoms with Crippen molar-refractivity contribution in [1.82, 2.24) is 19.5 Å². The van der Waals surface area contributed by atoms with E-state index in [0.29, 0.717) is 23.6 Å². The van der Waals surface area contributed by atoms with Crippen LogP contribution in [0.5, 0.6) is 0 Å². The zero-order valence-corrected chi connectivity index (χ0v) is 20.9. The fourth-order valence-corrected chi connectivity index (χ4v) is 6.00. The van der Waals surface area contributed by atoms with Gasteiger partial charge in [0.05, 0.1) is 11.0 Å². The molecule has 0 amide bonds. The fraction of sp³-hybridized carbons (Fsp3) is 0.448. The molecule has 1 aliphatic carbocycles. The molecular formula is C29H34N4O2. The van der Waals surface area contributed by atoms with Gasteiger partial charge in [0, 0.05) is 6.54 Å². The number of fused-ring (bicyclic) bond motifs is 2. The number of hydrogen-bond acceptors (Lipinski definition) is 4. The molecule has 6 nitrogen and oxygen atoms in total. The van der Waals surface area contributed by atoms with Crippen LogP contribution < -0.4 is 11.2 Å². The molecule has 2 aromatic carbocycles. The molecule has 0 saturated heterocycles. The molecule has 5 rings (SSSR count). The van der Waals surface area contributed by atoms with E-state index in [4.69, 9.17) is 0 Å². The molecule has 182 valence electrons. The molecule has 35 heavy (non-hydrogen) atoms. The summed E-state index contributed by atoms with van der Waals surface area (Å²) < 4.78 is 2.11. The highest BCUT2D eigenvalue weighted by Gasteiger charge is 2.30. The predicted molar refractivity (Wildman–Crippen MR) is 140 cm³/mol. The number of aromatic nitrogens is 4. The maximum Gasteiger partial charge on any atom is 0.349 e. The first kappa shape index (κ1) is 23.5. The van der Waals surface area contributed by atoms with E-state index in [9.17, 15) is 9.59 Å². The Morgan fingerprint density at radius 1 is 1.00 bits per heavy atom. The number of benzene rings is 2. The highest BCUT2D eigenvalue weighted by molar-refractivity contribution is 5.81. The third-order valence-electron chi connectivity index (χ3n) is 7.99. The zero-order valence-electron chi connectivity index (χ0n) is 20.9. The smallest absolute Gasteiger partial charge is 0.322 e. The molecule has 0 radical (unpaired) electrons. The van der Waals surface area contributed by atoms with Crippen molar-refractivity contribution in [3.63, 3.8) is 0 Å². The van der Waals surface area contributed by atoms with E-state index in [2.05, 4.69) is 76.7 Å². The SMILES string of the molecule is Cc1cc2nc3c(=O)[nH]c(=O)nc-3n(CC3CCCCCC3C(C)Cc3ccccc3)c2cc1C. The molecule has 2 aliphatic heterocycles. The summed E-state index contributed by atoms with van der Waals surface area (Å²) in [5, 5.41) is 0. The Morgan fingerprint density at radius 2 is 1.74 bits per heavy atom. The number of aryl methyl sites for hydroxylation is 2. The molecule has 2 heterocycles. The van der Waals surface area contributed by atoms with Crippen LogP contribution in [0.4, 0.5) is 0 Å². The topological polar surface area (TPSA) is 80.6 Å². The molecule has 1 saturated carbocycles. The van der Waals surface area contributed by atoms with Gasteiger partial charge in [0.1, 0.15) is 0 Å². The van der Waals surface area contributed by atoms with Crippen LogP contribution in [0.25, 0.3) is 22.6 Å². The van der Waals surface area contributed by atoms with Gasteiger partial charge in [-0.3, -0.25) is 9.78 Å². The van der Waals surface area contributed by atoms with E-state index in [1.165, 1.54) is 31.2 Å². The van der Waals surface area contributed by atoms with Gasteiger partial charge in [-0.15, -0.1) is 0 Å². The van der Waals surface area contributed by atoms with Gasteiger partial charge in [0.15, 0.2) is 11.5 Å². The van der Waals surface area contributed by atoms with Gasteiger partial charge in [-0.05, 0) is 79.7 Å². The Labute approximate surface area is 205 Å². The molecule has 1 fully saturated rings. The number of rotatable bonds is 5. The van der Waals surface area contributed by atoms with Crippen LogP contribution in [0, 0.1) is 31.6 Å². The zero-order chi connectivity index (χ0) is 24.5. The van der Waals surface area contributed by atoms with Gasteiger partial charge in [-0.1, -0.05) is 56.5 Å². The van der Waals surface area contributed by atoms with Crippen LogP contribution in [0.3, 0.4) is 0 Å². The minimum absolute atomic E-state index is 0.239. The van der Waals surface area contributed by atoms with Gasteiger partial charge >= 0.3 is 5.69 Å². The highest BCUT2D eigenvalue weighted by Crippen LogP contribution is 2.38. The second-order valence-electron chi connectivity index (χ2n) is 10.4. The largest absolute Gasteiger partial charge is 0.349 e. The maximum atomic E-state index is 12.7. The van der Waals surface area contributed by atoms with Crippen LogP contribution in [0.1, 0.15) is 55.7 Å². The van der Waals surface area contributed by atoms with Crippen molar-refractivity contribution in [2.75, 3.05) is 0 Å². The average molecular weight is 471 g/mol. The lowest BCUT2D eigenvalue weighted by Gasteiger charge is -2.32. The number of hydrogen-bond donors (Lipinski definition) is 1. The third kappa shape index (κ3) is 4.79. The van der Waals surface area contributed by atoms with E-state index in [1.807, 2.05) is 6.07 Å². The molecule has 0 bridgehead atoms. The number of aromatic amines is 1. The molecular weight excluding hydrogens is 436 g/mol. The fourth-order valence-electron chi connectivity index (χ4n) is 6.00. The first-order valence-corrected chi connectivity index (χ1v) is 12.9. The predicted octanol–water partition coefficient (Wildman–Crippen LogP) is 5.28. The summed E-state index contributed by atoms with van der Waals surface area (Å²) in [6, 6.07) is 14.9. The minimum atomic E-state index is -0.615. The van der Waals surface area contributed by atoms with E-state index in [-0.39, 0.29) is 5.69 Å². The third-order valence-corrected chi connectivity index (χ3v) is 7.99. The molecule has 3 atom stereocenters. The molecule has 0 aromatic heterocycles. The van der Waals surface area contributed by atoms with E-state index in [1.54, 1.807) is 0 Å². The summed E-state index contributed by atoms with van der Waals surface area (Å²) in [6.07, 6.45) is 7.13. The van der Waals surface area contributed by atoms with E-state index in [0.717, 1.165) is 41.5 Å². The molecule has 6 heteroatoms. The Hall–Kier alpha value is -3.28. The van der Waals surface area contributed by atoms with Crippen molar-refractivity contribution in [2.24, 2.45) is 17.8 Å². The lowest BCUT2D eigenvalue weighted by Crippen LogP contribution is -2.31. The van der Waals surface area contributed by atoms with Crippen molar-refractivity contribution in [3.05, 3.63) is 80.0 Å². The second-order valence-corrected chi connectivity index (χ2v) is 10.4. The van der Waals surface area contributed by atoms with E-state index < -0.39 is 11.2 Å². The van der Waals surface area contributed by atoms with Crippen LogP contribution >= 0.6 is 0 Å². The van der Waals surface area contributed by atoms with Gasteiger partial charge in [0.25, 0.3) is 5.56 Å². The summed E-state index contributed by atoms with van der Waals surface area (Å²) in [7, 11) is 0. The van der Waals surface area contributed by atoms with Gasteiger partial charge in [-0.2, -0.15) is 4.98 Å². The van der Waals surface area contributed by atoms with Crippen molar-refractivity contribution >= 4 is 11.0 Å². The van der Waals surface area contributed by atoms with Crippen LogP contribution in [0.15, 0.2) is 52.1 Å². The monoisotopic (exact) mass is 470 g/mol. The summed E-state index contributed by atoms with van der Waals surface area (Å²) >= 11 is 0. The number of nitrogens with zero attached hydrogens (tertiary/aromatic N) is 3. The normalized spacial score (nSPS) is 19.6. The van der Waals surface area contributed by atoms with Gasteiger partial charge in [-0.25, -0.2) is 9.78 Å². The van der Waals surface area contributed by atoms with Crippen LogP contribution in [-0.2, 0) is 13.0 Å². The summed E-state index contributed by atoms with van der Waals surface area (Å²) in [4.78, 5) is 36.1. The van der Waals surface area contributed by atoms with Crippen molar-refractivity contribution < 1.29 is 0 Å². The molecule has 0 spiro atoms. The molecule has 3 unspecified atom stereocenters. The minimum Gasteiger partial charge on any atom is -0.322 e. The maximum absolute atomic E-state index is 12.7. The molecule has 1 N–H and O–H groups in total. The average Bonchev–Trinajstić information content (AvgIpc) is 3.07. The summed E-state index contributed by atoms with van der Waals surface area (Å²) in [6.45, 7) is 7.26. The first-order chi connectivity index (χ1) is 16.9. The standard InChI is InChI=1S/C29H34N4O2/c1-18-15-24-25(16-19(18)2)33(27-26(30-24)28(34)32-29(35)31-27)17-22-12-8-5-9-13-23(22)20(3)14-21-10-6-4-7-11-21/h4,6-7,10-11,15-16,20,22-23H,5,8-9,12-14,17H2,1-3H3,(H,32,34,35). The lowest BCUT2D eigenvalue weighted by atomic mass is 9.76. The molecule has 2 aromatic rings. The van der Waals surface area contributed by atoms with Gasteiger partial charge in [0.2, 0.25) is 0 Å². The van der Waals surface area contributed by atoms with Crippen molar-refractivity contribution in [2.45, 2.75) is 65.8 Å². The van der Waals surface area contributed by atoms with Crippen molar-refractivity contribution in [1.29, 1.82) is 0 Å². The Morgan fingerprint density at radius 3 is 2.54 bits per heavy atom. The van der Waals surface area contributed by atoms with E-state index >= 15 is 0 Å².